The van der Waals surface area contributed by atoms with Crippen LogP contribution in [0.3, 0.4) is 0 Å². The minimum Gasteiger partial charge on any atom is -0.481 e. The SMILES string of the molecule is O=C(O)CCCCn1cc(Br)cn1. The molecule has 13 heavy (non-hydrogen) atoms. The molecule has 0 amide bonds. The Morgan fingerprint density at radius 1 is 1.62 bits per heavy atom. The molecule has 1 heterocycles. The molecule has 1 rings (SSSR count). The van der Waals surface area contributed by atoms with Crippen molar-refractivity contribution >= 4 is 21.9 Å². The minimum atomic E-state index is -0.735. The molecular weight excluding hydrogens is 236 g/mol. The summed E-state index contributed by atoms with van der Waals surface area (Å²) < 4.78 is 2.75. The first-order chi connectivity index (χ1) is 6.18. The van der Waals surface area contributed by atoms with Crippen molar-refractivity contribution in [3.8, 4) is 0 Å². The molecule has 0 spiro atoms. The van der Waals surface area contributed by atoms with Crippen LogP contribution in [-0.2, 0) is 11.3 Å². The van der Waals surface area contributed by atoms with E-state index in [4.69, 9.17) is 5.11 Å². The topological polar surface area (TPSA) is 55.1 Å². The van der Waals surface area contributed by atoms with Crippen LogP contribution in [0.25, 0.3) is 0 Å². The summed E-state index contributed by atoms with van der Waals surface area (Å²) in [7, 11) is 0. The highest BCUT2D eigenvalue weighted by Crippen LogP contribution is 2.07. The predicted octanol–water partition coefficient (Wildman–Crippen LogP) is 1.90. The van der Waals surface area contributed by atoms with Gasteiger partial charge >= 0.3 is 5.97 Å². The maximum atomic E-state index is 10.2. The van der Waals surface area contributed by atoms with Gasteiger partial charge in [-0.05, 0) is 28.8 Å². The van der Waals surface area contributed by atoms with Crippen molar-refractivity contribution in [2.24, 2.45) is 0 Å². The molecule has 0 saturated carbocycles. The molecule has 0 fully saturated rings. The van der Waals surface area contributed by atoms with Crippen LogP contribution < -0.4 is 0 Å². The van der Waals surface area contributed by atoms with Crippen molar-refractivity contribution in [2.75, 3.05) is 0 Å². The van der Waals surface area contributed by atoms with E-state index < -0.39 is 5.97 Å². The Hall–Kier alpha value is -0.840. The lowest BCUT2D eigenvalue weighted by Gasteiger charge is -1.98. The molecule has 0 unspecified atom stereocenters. The second-order valence-electron chi connectivity index (χ2n) is 2.77. The van der Waals surface area contributed by atoms with Crippen molar-refractivity contribution in [3.05, 3.63) is 16.9 Å². The second-order valence-corrected chi connectivity index (χ2v) is 3.69. The third-order valence-corrected chi connectivity index (χ3v) is 2.04. The van der Waals surface area contributed by atoms with Gasteiger partial charge in [-0.1, -0.05) is 0 Å². The van der Waals surface area contributed by atoms with E-state index in [2.05, 4.69) is 21.0 Å². The van der Waals surface area contributed by atoms with E-state index in [0.29, 0.717) is 6.42 Å². The summed E-state index contributed by atoms with van der Waals surface area (Å²) in [5.41, 5.74) is 0. The normalized spacial score (nSPS) is 10.2. The average Bonchev–Trinajstić information content (AvgIpc) is 2.45. The van der Waals surface area contributed by atoms with Crippen molar-refractivity contribution in [1.82, 2.24) is 9.78 Å². The molecule has 0 atom stereocenters. The van der Waals surface area contributed by atoms with Crippen LogP contribution >= 0.6 is 15.9 Å². The number of aromatic nitrogens is 2. The number of aliphatic carboxylic acids is 1. The van der Waals surface area contributed by atoms with Gasteiger partial charge in [0.2, 0.25) is 0 Å². The van der Waals surface area contributed by atoms with Crippen LogP contribution in [0.2, 0.25) is 0 Å². The lowest BCUT2D eigenvalue weighted by molar-refractivity contribution is -0.137. The van der Waals surface area contributed by atoms with Crippen LogP contribution in [0, 0.1) is 0 Å². The van der Waals surface area contributed by atoms with E-state index in [1.165, 1.54) is 0 Å². The zero-order chi connectivity index (χ0) is 9.68. The molecule has 0 saturated heterocycles. The van der Waals surface area contributed by atoms with Gasteiger partial charge in [-0.25, -0.2) is 0 Å². The Labute approximate surface area is 84.7 Å². The number of carboxylic acids is 1. The first-order valence-corrected chi connectivity index (χ1v) is 4.87. The highest BCUT2D eigenvalue weighted by atomic mass is 79.9. The molecular formula is C8H11BrN2O2. The number of aryl methyl sites for hydroxylation is 1. The lowest BCUT2D eigenvalue weighted by atomic mass is 10.2. The van der Waals surface area contributed by atoms with Crippen LogP contribution in [-0.4, -0.2) is 20.9 Å². The van der Waals surface area contributed by atoms with E-state index in [1.54, 1.807) is 10.9 Å². The molecule has 0 aliphatic rings. The Kier molecular flexibility index (Phi) is 3.95. The predicted molar refractivity (Wildman–Crippen MR) is 51.4 cm³/mol. The van der Waals surface area contributed by atoms with E-state index >= 15 is 0 Å². The maximum Gasteiger partial charge on any atom is 0.303 e. The summed E-state index contributed by atoms with van der Waals surface area (Å²) in [5.74, 6) is -0.735. The summed E-state index contributed by atoms with van der Waals surface area (Å²) in [6.45, 7) is 0.777. The molecule has 5 heteroatoms. The summed E-state index contributed by atoms with van der Waals surface area (Å²) in [6.07, 6.45) is 5.38. The van der Waals surface area contributed by atoms with E-state index in [0.717, 1.165) is 17.4 Å². The van der Waals surface area contributed by atoms with Crippen LogP contribution in [0.5, 0.6) is 0 Å². The fraction of sp³-hybridized carbons (Fsp3) is 0.500. The van der Waals surface area contributed by atoms with Gasteiger partial charge in [0.05, 0.1) is 10.7 Å². The zero-order valence-corrected chi connectivity index (χ0v) is 8.70. The summed E-state index contributed by atoms with van der Waals surface area (Å²) in [5, 5.41) is 12.4. The number of carbonyl (C=O) groups is 1. The molecule has 0 aromatic carbocycles. The summed E-state index contributed by atoms with van der Waals surface area (Å²) in [6, 6.07) is 0. The Balaban J connectivity index is 2.16. The van der Waals surface area contributed by atoms with Gasteiger partial charge < -0.3 is 5.11 Å². The summed E-state index contributed by atoms with van der Waals surface area (Å²) >= 11 is 3.29. The van der Waals surface area contributed by atoms with Gasteiger partial charge in [0.25, 0.3) is 0 Å². The van der Waals surface area contributed by atoms with E-state index in [-0.39, 0.29) is 6.42 Å². The monoisotopic (exact) mass is 246 g/mol. The van der Waals surface area contributed by atoms with Gasteiger partial charge in [0.1, 0.15) is 0 Å². The third kappa shape index (κ3) is 4.07. The molecule has 1 N–H and O–H groups in total. The number of rotatable bonds is 5. The first-order valence-electron chi connectivity index (χ1n) is 4.08. The molecule has 1 aromatic heterocycles. The third-order valence-electron chi connectivity index (χ3n) is 1.63. The maximum absolute atomic E-state index is 10.2. The van der Waals surface area contributed by atoms with Crippen LogP contribution in [0.4, 0.5) is 0 Å². The standard InChI is InChI=1S/C8H11BrN2O2/c9-7-5-10-11(6-7)4-2-1-3-8(12)13/h5-6H,1-4H2,(H,12,13). The molecule has 0 bridgehead atoms. The molecule has 0 aliphatic carbocycles. The largest absolute Gasteiger partial charge is 0.481 e. The first kappa shape index (κ1) is 10.2. The minimum absolute atomic E-state index is 0.239. The van der Waals surface area contributed by atoms with Gasteiger partial charge in [-0.15, -0.1) is 0 Å². The highest BCUT2D eigenvalue weighted by Gasteiger charge is 1.98. The smallest absolute Gasteiger partial charge is 0.303 e. The van der Waals surface area contributed by atoms with Crippen molar-refractivity contribution in [3.63, 3.8) is 0 Å². The fourth-order valence-corrected chi connectivity index (χ4v) is 1.34. The van der Waals surface area contributed by atoms with Gasteiger partial charge in [-0.3, -0.25) is 9.48 Å². The lowest BCUT2D eigenvalue weighted by Crippen LogP contribution is -2.00. The molecule has 1 aromatic rings. The Morgan fingerprint density at radius 2 is 2.38 bits per heavy atom. The van der Waals surface area contributed by atoms with Crippen molar-refractivity contribution < 1.29 is 9.90 Å². The van der Waals surface area contributed by atoms with Gasteiger partial charge in [0, 0.05) is 19.2 Å². The Bertz CT molecular complexity index is 285. The highest BCUT2D eigenvalue weighted by molar-refractivity contribution is 9.10. The van der Waals surface area contributed by atoms with Crippen molar-refractivity contribution in [2.45, 2.75) is 25.8 Å². The molecule has 0 aliphatic heterocycles. The number of unbranched alkanes of at least 4 members (excludes halogenated alkanes) is 1. The number of nitrogens with zero attached hydrogens (tertiary/aromatic N) is 2. The number of hydrogen-bond donors (Lipinski definition) is 1. The zero-order valence-electron chi connectivity index (χ0n) is 7.11. The number of carboxylic acid groups (broad SMARTS) is 1. The van der Waals surface area contributed by atoms with Gasteiger partial charge in [0.15, 0.2) is 0 Å². The van der Waals surface area contributed by atoms with Crippen molar-refractivity contribution in [1.29, 1.82) is 0 Å². The molecule has 72 valence electrons. The molecule has 0 radical (unpaired) electrons. The fourth-order valence-electron chi connectivity index (χ4n) is 1.01. The number of halogens is 1. The van der Waals surface area contributed by atoms with Gasteiger partial charge in [-0.2, -0.15) is 5.10 Å². The van der Waals surface area contributed by atoms with E-state index in [1.807, 2.05) is 6.20 Å². The Morgan fingerprint density at radius 3 is 2.92 bits per heavy atom. The van der Waals surface area contributed by atoms with Crippen LogP contribution in [0.15, 0.2) is 16.9 Å². The van der Waals surface area contributed by atoms with E-state index in [9.17, 15) is 4.79 Å². The summed E-state index contributed by atoms with van der Waals surface area (Å²) in [4.78, 5) is 10.2. The number of hydrogen-bond acceptors (Lipinski definition) is 2. The quantitative estimate of drug-likeness (QED) is 0.808. The molecule has 4 nitrogen and oxygen atoms in total. The second kappa shape index (κ2) is 5.01. The average molecular weight is 247 g/mol. The van der Waals surface area contributed by atoms with Crippen LogP contribution in [0.1, 0.15) is 19.3 Å².